The van der Waals surface area contributed by atoms with Gasteiger partial charge in [0, 0.05) is 0 Å². The molecule has 27 heavy (non-hydrogen) atoms. The third-order valence-corrected chi connectivity index (χ3v) is 5.34. The number of aliphatic imine (C=N–C) groups is 1. The highest BCUT2D eigenvalue weighted by Crippen LogP contribution is 2.40. The van der Waals surface area contributed by atoms with Gasteiger partial charge in [0.15, 0.2) is 0 Å². The molecule has 0 saturated heterocycles. The van der Waals surface area contributed by atoms with Gasteiger partial charge in [-0.1, -0.05) is 47.1 Å². The Morgan fingerprint density at radius 1 is 1.19 bits per heavy atom. The monoisotopic (exact) mass is 423 g/mol. The lowest BCUT2D eigenvalue weighted by Crippen LogP contribution is -2.10. The number of carbonyl (C=O) groups excluding carboxylic acids is 1. The van der Waals surface area contributed by atoms with Crippen LogP contribution < -0.4 is 0 Å². The molecule has 0 fully saturated rings. The number of methoxy groups -OCH3 is 1. The van der Waals surface area contributed by atoms with Crippen LogP contribution in [0.3, 0.4) is 0 Å². The maximum Gasteiger partial charge on any atom is 0.344 e. The van der Waals surface area contributed by atoms with E-state index in [2.05, 4.69) is 4.99 Å². The summed E-state index contributed by atoms with van der Waals surface area (Å²) < 4.78 is 17.8. The molecule has 0 radical (unpaired) electrons. The Balaban J connectivity index is 2.04. The van der Waals surface area contributed by atoms with Crippen molar-refractivity contribution in [2.45, 2.75) is 0 Å². The molecular weight excluding hydrogens is 412 g/mol. The molecule has 0 spiro atoms. The fraction of sp³-hybridized carbons (Fsp3) is 0.0526. The number of carbonyl (C=O) groups is 1. The lowest BCUT2D eigenvalue weighted by Gasteiger charge is -2.03. The first-order valence-electron chi connectivity index (χ1n) is 7.60. The third-order valence-electron chi connectivity index (χ3n) is 3.58. The van der Waals surface area contributed by atoms with E-state index in [0.29, 0.717) is 26.2 Å². The van der Waals surface area contributed by atoms with Gasteiger partial charge in [-0.3, -0.25) is 0 Å². The second-order valence-corrected chi connectivity index (χ2v) is 7.24. The zero-order valence-electron chi connectivity index (χ0n) is 13.9. The Labute approximate surface area is 169 Å². The Morgan fingerprint density at radius 2 is 1.89 bits per heavy atom. The lowest BCUT2D eigenvalue weighted by atomic mass is 10.1. The van der Waals surface area contributed by atoms with Crippen LogP contribution in [0.1, 0.15) is 5.56 Å². The highest BCUT2D eigenvalue weighted by atomic mass is 35.5. The van der Waals surface area contributed by atoms with Crippen LogP contribution in [0, 0.1) is 5.82 Å². The van der Waals surface area contributed by atoms with Gasteiger partial charge in [0.1, 0.15) is 22.2 Å². The van der Waals surface area contributed by atoms with Crippen LogP contribution >= 0.6 is 35.0 Å². The van der Waals surface area contributed by atoms with Crippen molar-refractivity contribution >= 4 is 57.7 Å². The Hall–Kier alpha value is -2.28. The average molecular weight is 424 g/mol. The van der Waals surface area contributed by atoms with E-state index in [4.69, 9.17) is 27.9 Å². The summed E-state index contributed by atoms with van der Waals surface area (Å²) >= 11 is 13.0. The SMILES string of the molecule is COC(=O)C1=C(O)/C(=C/c2ccc(F)cc2)SC1=Nc1ccc(Cl)c(Cl)c1. The van der Waals surface area contributed by atoms with Crippen molar-refractivity contribution in [3.63, 3.8) is 0 Å². The van der Waals surface area contributed by atoms with E-state index in [9.17, 15) is 14.3 Å². The molecule has 0 aliphatic carbocycles. The zero-order valence-corrected chi connectivity index (χ0v) is 16.2. The number of aliphatic hydroxyl groups is 1. The number of thioether (sulfide) groups is 1. The number of aliphatic hydroxyl groups excluding tert-OH is 1. The van der Waals surface area contributed by atoms with Crippen molar-refractivity contribution in [1.29, 1.82) is 0 Å². The molecule has 0 aromatic heterocycles. The summed E-state index contributed by atoms with van der Waals surface area (Å²) in [6, 6.07) is 10.5. The molecule has 0 amide bonds. The fourth-order valence-corrected chi connectivity index (χ4v) is 3.60. The van der Waals surface area contributed by atoms with Crippen molar-refractivity contribution in [3.8, 4) is 0 Å². The topological polar surface area (TPSA) is 58.9 Å². The molecule has 2 aromatic carbocycles. The maximum atomic E-state index is 13.1. The first kappa shape index (κ1) is 19.5. The van der Waals surface area contributed by atoms with Crippen molar-refractivity contribution in [2.24, 2.45) is 4.99 Å². The van der Waals surface area contributed by atoms with Crippen molar-refractivity contribution in [1.82, 2.24) is 0 Å². The van der Waals surface area contributed by atoms with Crippen LogP contribution in [0.4, 0.5) is 10.1 Å². The fourth-order valence-electron chi connectivity index (χ4n) is 2.27. The maximum absolute atomic E-state index is 13.1. The van der Waals surface area contributed by atoms with Gasteiger partial charge < -0.3 is 9.84 Å². The van der Waals surface area contributed by atoms with Gasteiger partial charge in [-0.25, -0.2) is 14.2 Å². The predicted molar refractivity (Wildman–Crippen MR) is 107 cm³/mol. The van der Waals surface area contributed by atoms with Gasteiger partial charge in [-0.15, -0.1) is 0 Å². The number of nitrogens with zero attached hydrogens (tertiary/aromatic N) is 1. The van der Waals surface area contributed by atoms with Crippen LogP contribution in [0.15, 0.2) is 63.7 Å². The van der Waals surface area contributed by atoms with E-state index < -0.39 is 5.97 Å². The molecule has 3 rings (SSSR count). The summed E-state index contributed by atoms with van der Waals surface area (Å²) in [6.45, 7) is 0. The molecule has 4 nitrogen and oxygen atoms in total. The molecule has 0 unspecified atom stereocenters. The van der Waals surface area contributed by atoms with Crippen LogP contribution in [-0.2, 0) is 9.53 Å². The number of esters is 1. The summed E-state index contributed by atoms with van der Waals surface area (Å²) in [5.41, 5.74) is 1.07. The molecule has 138 valence electrons. The van der Waals surface area contributed by atoms with Gasteiger partial charge in [0.25, 0.3) is 0 Å². The predicted octanol–water partition coefficient (Wildman–Crippen LogP) is 5.94. The van der Waals surface area contributed by atoms with E-state index in [1.165, 1.54) is 19.2 Å². The largest absolute Gasteiger partial charge is 0.506 e. The van der Waals surface area contributed by atoms with Gasteiger partial charge >= 0.3 is 5.97 Å². The molecular formula is C19H12Cl2FNO3S. The van der Waals surface area contributed by atoms with Crippen LogP contribution in [0.25, 0.3) is 6.08 Å². The minimum Gasteiger partial charge on any atom is -0.506 e. The Morgan fingerprint density at radius 3 is 2.52 bits per heavy atom. The first-order chi connectivity index (χ1) is 12.9. The second-order valence-electron chi connectivity index (χ2n) is 5.39. The zero-order chi connectivity index (χ0) is 19.6. The Bertz CT molecular complexity index is 1000. The summed E-state index contributed by atoms with van der Waals surface area (Å²) in [5, 5.41) is 11.5. The van der Waals surface area contributed by atoms with Gasteiger partial charge in [0.05, 0.1) is 27.7 Å². The van der Waals surface area contributed by atoms with Crippen LogP contribution in [0.2, 0.25) is 10.0 Å². The summed E-state index contributed by atoms with van der Waals surface area (Å²) in [7, 11) is 1.21. The van der Waals surface area contributed by atoms with Crippen molar-refractivity contribution in [2.75, 3.05) is 7.11 Å². The number of ether oxygens (including phenoxy) is 1. The quantitative estimate of drug-likeness (QED) is 0.620. The van der Waals surface area contributed by atoms with Gasteiger partial charge in [0.2, 0.25) is 0 Å². The number of hydrogen-bond acceptors (Lipinski definition) is 5. The summed E-state index contributed by atoms with van der Waals surface area (Å²) in [4.78, 5) is 16.9. The van der Waals surface area contributed by atoms with Crippen molar-refractivity contribution < 1.29 is 19.0 Å². The smallest absolute Gasteiger partial charge is 0.344 e. The normalized spacial score (nSPS) is 17.0. The van der Waals surface area contributed by atoms with E-state index in [1.807, 2.05) is 0 Å². The lowest BCUT2D eigenvalue weighted by molar-refractivity contribution is -0.135. The highest BCUT2D eigenvalue weighted by molar-refractivity contribution is 8.18. The minimum absolute atomic E-state index is 0.0538. The molecule has 1 aliphatic rings. The molecule has 1 N–H and O–H groups in total. The van der Waals surface area contributed by atoms with Crippen molar-refractivity contribution in [3.05, 3.63) is 80.1 Å². The highest BCUT2D eigenvalue weighted by Gasteiger charge is 2.33. The number of rotatable bonds is 3. The van der Waals surface area contributed by atoms with E-state index in [-0.39, 0.29) is 22.2 Å². The van der Waals surface area contributed by atoms with Gasteiger partial charge in [-0.2, -0.15) is 0 Å². The molecule has 1 heterocycles. The standard InChI is InChI=1S/C19H12Cl2FNO3S/c1-26-19(25)16-17(24)15(8-10-2-4-11(22)5-3-10)27-18(16)23-12-6-7-13(20)14(21)9-12/h2-9,24H,1H3/b15-8-,23-18?. The van der Waals surface area contributed by atoms with E-state index >= 15 is 0 Å². The van der Waals surface area contributed by atoms with Crippen LogP contribution in [0.5, 0.6) is 0 Å². The van der Waals surface area contributed by atoms with Gasteiger partial charge in [-0.05, 0) is 42.0 Å². The minimum atomic E-state index is -0.721. The second kappa shape index (κ2) is 8.17. The molecule has 2 aromatic rings. The molecule has 1 aliphatic heterocycles. The first-order valence-corrected chi connectivity index (χ1v) is 9.17. The van der Waals surface area contributed by atoms with E-state index in [1.54, 1.807) is 36.4 Å². The number of hydrogen-bond donors (Lipinski definition) is 1. The number of benzene rings is 2. The van der Waals surface area contributed by atoms with Crippen LogP contribution in [-0.4, -0.2) is 23.2 Å². The summed E-state index contributed by atoms with van der Waals surface area (Å²) in [5.74, 6) is -1.34. The summed E-state index contributed by atoms with van der Waals surface area (Å²) in [6.07, 6.45) is 1.62. The molecule has 0 atom stereocenters. The molecule has 0 saturated carbocycles. The molecule has 0 bridgehead atoms. The third kappa shape index (κ3) is 4.35. The van der Waals surface area contributed by atoms with E-state index in [0.717, 1.165) is 11.8 Å². The number of halogens is 3. The molecule has 8 heteroatoms. The Kier molecular flexibility index (Phi) is 5.89. The average Bonchev–Trinajstić information content (AvgIpc) is 2.94.